The monoisotopic (exact) mass is 305 g/mol. The molecule has 1 aromatic heterocycles. The quantitative estimate of drug-likeness (QED) is 0.871. The molecular weight excluding hydrogens is 290 g/mol. The Bertz CT molecular complexity index is 571. The van der Waals surface area contributed by atoms with Crippen LogP contribution in [-0.2, 0) is 6.54 Å². The van der Waals surface area contributed by atoms with E-state index >= 15 is 0 Å². The van der Waals surface area contributed by atoms with Crippen LogP contribution in [-0.4, -0.2) is 16.3 Å². The number of rotatable bonds is 1. The summed E-state index contributed by atoms with van der Waals surface area (Å²) in [6, 6.07) is 8.49. The Morgan fingerprint density at radius 3 is 2.78 bits per heavy atom. The molecule has 0 aliphatic carbocycles. The van der Waals surface area contributed by atoms with Gasteiger partial charge in [0.15, 0.2) is 0 Å². The summed E-state index contributed by atoms with van der Waals surface area (Å²) in [6.07, 6.45) is 0. The zero-order valence-corrected chi connectivity index (χ0v) is 12.2. The molecule has 18 heavy (non-hydrogen) atoms. The van der Waals surface area contributed by atoms with E-state index in [1.54, 1.807) is 0 Å². The number of anilines is 1. The summed E-state index contributed by atoms with van der Waals surface area (Å²) in [6.45, 7) is 6.32. The lowest BCUT2D eigenvalue weighted by atomic mass is 10.1. The summed E-state index contributed by atoms with van der Waals surface area (Å²) in [7, 11) is 0. The van der Waals surface area contributed by atoms with Crippen molar-refractivity contribution in [1.82, 2.24) is 9.78 Å². The van der Waals surface area contributed by atoms with E-state index in [0.717, 1.165) is 34.6 Å². The van der Waals surface area contributed by atoms with Crippen LogP contribution in [0.15, 0.2) is 28.7 Å². The van der Waals surface area contributed by atoms with Crippen molar-refractivity contribution >= 4 is 21.7 Å². The zero-order valence-electron chi connectivity index (χ0n) is 10.6. The van der Waals surface area contributed by atoms with Crippen molar-refractivity contribution in [2.75, 3.05) is 11.9 Å². The van der Waals surface area contributed by atoms with E-state index < -0.39 is 0 Å². The number of halogens is 1. The molecule has 0 radical (unpaired) electrons. The Kier molecular flexibility index (Phi) is 2.90. The van der Waals surface area contributed by atoms with Gasteiger partial charge in [-0.1, -0.05) is 36.8 Å². The molecule has 2 aromatic rings. The Hall–Kier alpha value is -1.29. The Morgan fingerprint density at radius 2 is 2.06 bits per heavy atom. The summed E-state index contributed by atoms with van der Waals surface area (Å²) in [4.78, 5) is 0. The fourth-order valence-electron chi connectivity index (χ4n) is 2.27. The van der Waals surface area contributed by atoms with Gasteiger partial charge in [-0.15, -0.1) is 0 Å². The number of fused-ring (bicyclic) bond motifs is 1. The highest BCUT2D eigenvalue weighted by Gasteiger charge is 2.22. The van der Waals surface area contributed by atoms with Gasteiger partial charge in [0.05, 0.1) is 4.47 Å². The summed E-state index contributed by atoms with van der Waals surface area (Å²) >= 11 is 3.67. The minimum Gasteiger partial charge on any atom is -0.369 e. The van der Waals surface area contributed by atoms with Crippen molar-refractivity contribution in [3.8, 4) is 11.3 Å². The van der Waals surface area contributed by atoms with Crippen molar-refractivity contribution in [3.63, 3.8) is 0 Å². The minimum absolute atomic E-state index is 0.621. The van der Waals surface area contributed by atoms with Crippen LogP contribution in [0.4, 0.5) is 5.82 Å². The molecule has 0 amide bonds. The summed E-state index contributed by atoms with van der Waals surface area (Å²) in [5.74, 6) is 1.72. The first-order valence-corrected chi connectivity index (χ1v) is 7.01. The Morgan fingerprint density at radius 1 is 1.33 bits per heavy atom. The molecule has 0 fully saturated rings. The first kappa shape index (κ1) is 11.8. The number of nitrogens with one attached hydrogen (secondary N) is 1. The highest BCUT2D eigenvalue weighted by Crippen LogP contribution is 2.35. The molecule has 1 aliphatic rings. The van der Waals surface area contributed by atoms with Crippen LogP contribution < -0.4 is 5.32 Å². The second kappa shape index (κ2) is 4.43. The van der Waals surface area contributed by atoms with Gasteiger partial charge in [0.25, 0.3) is 0 Å². The van der Waals surface area contributed by atoms with E-state index in [-0.39, 0.29) is 0 Å². The van der Waals surface area contributed by atoms with Crippen LogP contribution >= 0.6 is 15.9 Å². The van der Waals surface area contributed by atoms with Crippen LogP contribution in [0.3, 0.4) is 0 Å². The largest absolute Gasteiger partial charge is 0.369 e. The number of hydrogen-bond acceptors (Lipinski definition) is 2. The maximum Gasteiger partial charge on any atom is 0.139 e. The molecule has 94 valence electrons. The number of aryl methyl sites for hydroxylation is 1. The predicted molar refractivity (Wildman–Crippen MR) is 77.8 cm³/mol. The first-order chi connectivity index (χ1) is 8.65. The third kappa shape index (κ3) is 1.94. The molecule has 3 nitrogen and oxygen atoms in total. The number of nitrogens with zero attached hydrogens (tertiary/aromatic N) is 2. The fourth-order valence-corrected chi connectivity index (χ4v) is 2.92. The summed E-state index contributed by atoms with van der Waals surface area (Å²) in [5.41, 5.74) is 3.45. The second-order valence-corrected chi connectivity index (χ2v) is 5.84. The van der Waals surface area contributed by atoms with Gasteiger partial charge in [-0.05, 0) is 28.8 Å². The zero-order chi connectivity index (χ0) is 12.7. The smallest absolute Gasteiger partial charge is 0.139 e. The fraction of sp³-hybridized carbons (Fsp3) is 0.357. The van der Waals surface area contributed by atoms with Gasteiger partial charge in [-0.25, -0.2) is 4.68 Å². The van der Waals surface area contributed by atoms with Gasteiger partial charge in [0, 0.05) is 18.7 Å². The van der Waals surface area contributed by atoms with Crippen LogP contribution in [0.5, 0.6) is 0 Å². The maximum atomic E-state index is 4.71. The molecule has 1 aromatic carbocycles. The molecule has 2 heterocycles. The average Bonchev–Trinajstić information content (AvgIpc) is 2.67. The molecule has 1 N–H and O–H groups in total. The normalized spacial score (nSPS) is 18.3. The SMILES string of the molecule is Cc1ccc(-c2nn3c(c2Br)NCC(C)C3)cc1. The molecule has 1 aliphatic heterocycles. The third-order valence-electron chi connectivity index (χ3n) is 3.32. The number of benzene rings is 1. The van der Waals surface area contributed by atoms with Crippen molar-refractivity contribution in [1.29, 1.82) is 0 Å². The molecule has 4 heteroatoms. The summed E-state index contributed by atoms with van der Waals surface area (Å²) in [5, 5.41) is 8.14. The molecule has 1 unspecified atom stereocenters. The number of hydrogen-bond donors (Lipinski definition) is 1. The third-order valence-corrected chi connectivity index (χ3v) is 4.07. The maximum absolute atomic E-state index is 4.71. The standard InChI is InChI=1S/C14H16BrN3/c1-9-3-5-11(6-4-9)13-12(15)14-16-7-10(2)8-18(14)17-13/h3-6,10,16H,7-8H2,1-2H3. The molecule has 0 saturated carbocycles. The van der Waals surface area contributed by atoms with E-state index in [1.165, 1.54) is 5.56 Å². The van der Waals surface area contributed by atoms with Gasteiger partial charge < -0.3 is 5.32 Å². The highest BCUT2D eigenvalue weighted by molar-refractivity contribution is 9.10. The van der Waals surface area contributed by atoms with E-state index in [4.69, 9.17) is 5.10 Å². The summed E-state index contributed by atoms with van der Waals surface area (Å²) < 4.78 is 3.13. The van der Waals surface area contributed by atoms with Crippen LogP contribution in [0.25, 0.3) is 11.3 Å². The van der Waals surface area contributed by atoms with Crippen molar-refractivity contribution in [2.24, 2.45) is 5.92 Å². The van der Waals surface area contributed by atoms with E-state index in [0.29, 0.717) is 5.92 Å². The highest BCUT2D eigenvalue weighted by atomic mass is 79.9. The predicted octanol–water partition coefficient (Wildman–Crippen LogP) is 3.68. The lowest BCUT2D eigenvalue weighted by Crippen LogP contribution is -2.25. The Labute approximate surface area is 115 Å². The van der Waals surface area contributed by atoms with Gasteiger partial charge in [-0.3, -0.25) is 0 Å². The topological polar surface area (TPSA) is 29.9 Å². The van der Waals surface area contributed by atoms with Gasteiger partial charge in [0.1, 0.15) is 11.5 Å². The first-order valence-electron chi connectivity index (χ1n) is 6.22. The van der Waals surface area contributed by atoms with E-state index in [1.807, 2.05) is 0 Å². The number of aromatic nitrogens is 2. The van der Waals surface area contributed by atoms with Crippen LogP contribution in [0, 0.1) is 12.8 Å². The van der Waals surface area contributed by atoms with Gasteiger partial charge in [0.2, 0.25) is 0 Å². The molecule has 0 spiro atoms. The van der Waals surface area contributed by atoms with Crippen molar-refractivity contribution in [2.45, 2.75) is 20.4 Å². The lowest BCUT2D eigenvalue weighted by molar-refractivity contribution is 0.445. The Balaban J connectivity index is 2.06. The minimum atomic E-state index is 0.621. The van der Waals surface area contributed by atoms with Crippen LogP contribution in [0.1, 0.15) is 12.5 Å². The molecule has 1 atom stereocenters. The lowest BCUT2D eigenvalue weighted by Gasteiger charge is -2.21. The van der Waals surface area contributed by atoms with E-state index in [2.05, 4.69) is 64.0 Å². The second-order valence-electron chi connectivity index (χ2n) is 5.05. The molecule has 3 rings (SSSR count). The van der Waals surface area contributed by atoms with Gasteiger partial charge in [-0.2, -0.15) is 5.10 Å². The van der Waals surface area contributed by atoms with Crippen molar-refractivity contribution in [3.05, 3.63) is 34.3 Å². The molecular formula is C14H16BrN3. The average molecular weight is 306 g/mol. The molecule has 0 bridgehead atoms. The van der Waals surface area contributed by atoms with Crippen molar-refractivity contribution < 1.29 is 0 Å². The van der Waals surface area contributed by atoms with Crippen LogP contribution in [0.2, 0.25) is 0 Å². The molecule has 0 saturated heterocycles. The van der Waals surface area contributed by atoms with E-state index in [9.17, 15) is 0 Å². The van der Waals surface area contributed by atoms with Gasteiger partial charge >= 0.3 is 0 Å².